The highest BCUT2D eigenvalue weighted by Crippen LogP contribution is 2.74. The maximum Gasteiger partial charge on any atom is 0.153 e. The summed E-state index contributed by atoms with van der Waals surface area (Å²) in [7, 11) is 0. The van der Waals surface area contributed by atoms with Gasteiger partial charge in [-0.3, -0.25) is 5.10 Å². The Bertz CT molecular complexity index is 639. The molecule has 3 rings (SSSR count). The SMILES string of the molecule is CC1(C)C(c2[nH]nc(N)c2-c2ccc(F)cc2)C1(C)C. The van der Waals surface area contributed by atoms with Gasteiger partial charge in [-0.25, -0.2) is 4.39 Å². The molecule has 20 heavy (non-hydrogen) atoms. The van der Waals surface area contributed by atoms with Crippen molar-refractivity contribution in [3.8, 4) is 11.1 Å². The third kappa shape index (κ3) is 1.60. The third-order valence-electron chi connectivity index (χ3n) is 5.26. The predicted molar refractivity (Wildman–Crippen MR) is 78.7 cm³/mol. The van der Waals surface area contributed by atoms with Crippen LogP contribution in [-0.4, -0.2) is 10.2 Å². The van der Waals surface area contributed by atoms with Crippen molar-refractivity contribution in [2.75, 3.05) is 5.73 Å². The molecule has 1 saturated carbocycles. The van der Waals surface area contributed by atoms with Gasteiger partial charge in [-0.15, -0.1) is 0 Å². The Labute approximate surface area is 118 Å². The van der Waals surface area contributed by atoms with E-state index in [4.69, 9.17) is 5.73 Å². The molecule has 3 nitrogen and oxygen atoms in total. The summed E-state index contributed by atoms with van der Waals surface area (Å²) in [6, 6.07) is 6.41. The maximum atomic E-state index is 13.1. The zero-order chi connectivity index (χ0) is 14.7. The molecule has 1 aliphatic carbocycles. The van der Waals surface area contributed by atoms with E-state index in [0.29, 0.717) is 11.7 Å². The molecule has 1 aromatic heterocycles. The number of benzene rings is 1. The van der Waals surface area contributed by atoms with Gasteiger partial charge in [0.15, 0.2) is 5.82 Å². The van der Waals surface area contributed by atoms with Gasteiger partial charge in [0, 0.05) is 17.2 Å². The summed E-state index contributed by atoms with van der Waals surface area (Å²) in [6.45, 7) is 9.01. The zero-order valence-electron chi connectivity index (χ0n) is 12.3. The van der Waals surface area contributed by atoms with Crippen molar-refractivity contribution in [1.29, 1.82) is 0 Å². The van der Waals surface area contributed by atoms with E-state index in [2.05, 4.69) is 37.9 Å². The normalized spacial score (nSPS) is 20.1. The Balaban J connectivity index is 2.10. The van der Waals surface area contributed by atoms with Crippen LogP contribution in [0.15, 0.2) is 24.3 Å². The van der Waals surface area contributed by atoms with E-state index in [9.17, 15) is 4.39 Å². The van der Waals surface area contributed by atoms with E-state index < -0.39 is 0 Å². The van der Waals surface area contributed by atoms with Gasteiger partial charge in [0.05, 0.1) is 0 Å². The molecule has 3 N–H and O–H groups in total. The summed E-state index contributed by atoms with van der Waals surface area (Å²) >= 11 is 0. The summed E-state index contributed by atoms with van der Waals surface area (Å²) < 4.78 is 13.1. The van der Waals surface area contributed by atoms with Gasteiger partial charge in [0.2, 0.25) is 0 Å². The van der Waals surface area contributed by atoms with Crippen LogP contribution in [-0.2, 0) is 0 Å². The number of hydrogen-bond acceptors (Lipinski definition) is 2. The summed E-state index contributed by atoms with van der Waals surface area (Å²) in [5, 5.41) is 7.26. The molecule has 0 aliphatic heterocycles. The van der Waals surface area contributed by atoms with Crippen molar-refractivity contribution >= 4 is 5.82 Å². The van der Waals surface area contributed by atoms with Crippen LogP contribution >= 0.6 is 0 Å². The predicted octanol–water partition coefficient (Wildman–Crippen LogP) is 3.95. The Morgan fingerprint density at radius 3 is 2.15 bits per heavy atom. The molecule has 1 aliphatic rings. The Morgan fingerprint density at radius 2 is 1.65 bits per heavy atom. The molecule has 106 valence electrons. The second-order valence-electron chi connectivity index (χ2n) is 6.78. The van der Waals surface area contributed by atoms with Gasteiger partial charge in [-0.05, 0) is 28.5 Å². The van der Waals surface area contributed by atoms with Gasteiger partial charge in [-0.2, -0.15) is 5.10 Å². The molecule has 0 bridgehead atoms. The van der Waals surface area contributed by atoms with E-state index in [1.165, 1.54) is 12.1 Å². The van der Waals surface area contributed by atoms with Crippen molar-refractivity contribution in [2.24, 2.45) is 10.8 Å². The molecule has 0 saturated heterocycles. The first-order chi connectivity index (χ1) is 9.26. The smallest absolute Gasteiger partial charge is 0.153 e. The van der Waals surface area contributed by atoms with E-state index in [1.54, 1.807) is 12.1 Å². The highest BCUT2D eigenvalue weighted by Gasteiger charge is 2.66. The summed E-state index contributed by atoms with van der Waals surface area (Å²) in [5.74, 6) is 0.606. The third-order valence-corrected chi connectivity index (χ3v) is 5.26. The highest BCUT2D eigenvalue weighted by molar-refractivity contribution is 5.77. The molecule has 1 fully saturated rings. The van der Waals surface area contributed by atoms with Crippen LogP contribution in [0.3, 0.4) is 0 Å². The number of nitrogens with one attached hydrogen (secondary N) is 1. The summed E-state index contributed by atoms with van der Waals surface area (Å²) in [4.78, 5) is 0. The number of nitrogens with zero attached hydrogens (tertiary/aromatic N) is 1. The fourth-order valence-corrected chi connectivity index (χ4v) is 3.42. The average Bonchev–Trinajstić information content (AvgIpc) is 2.65. The molecule has 0 radical (unpaired) electrons. The molecular formula is C16H20FN3. The number of hydrogen-bond donors (Lipinski definition) is 2. The molecule has 2 aromatic rings. The first-order valence-electron chi connectivity index (χ1n) is 6.86. The number of H-pyrrole nitrogens is 1. The van der Waals surface area contributed by atoms with Crippen LogP contribution in [0, 0.1) is 16.6 Å². The lowest BCUT2D eigenvalue weighted by Gasteiger charge is -2.06. The standard InChI is InChI=1S/C16H20FN3/c1-15(2)13(16(15,3)4)12-11(14(18)20-19-12)9-5-7-10(17)8-6-9/h5-8,13H,1-4H3,(H3,18,19,20). The molecular weight excluding hydrogens is 253 g/mol. The van der Waals surface area contributed by atoms with Crippen molar-refractivity contribution in [1.82, 2.24) is 10.2 Å². The number of nitrogen functional groups attached to an aromatic ring is 1. The van der Waals surface area contributed by atoms with Crippen molar-refractivity contribution in [2.45, 2.75) is 33.6 Å². The number of aromatic amines is 1. The number of rotatable bonds is 2. The van der Waals surface area contributed by atoms with E-state index in [1.807, 2.05) is 0 Å². The Morgan fingerprint density at radius 1 is 1.10 bits per heavy atom. The average molecular weight is 273 g/mol. The fourth-order valence-electron chi connectivity index (χ4n) is 3.42. The Kier molecular flexibility index (Phi) is 2.53. The lowest BCUT2D eigenvalue weighted by atomic mass is 9.99. The lowest BCUT2D eigenvalue weighted by molar-refractivity contribution is 0.457. The first kappa shape index (κ1) is 13.2. The van der Waals surface area contributed by atoms with Crippen LogP contribution in [0.2, 0.25) is 0 Å². The lowest BCUT2D eigenvalue weighted by Crippen LogP contribution is -1.95. The molecule has 1 heterocycles. The number of nitrogens with two attached hydrogens (primary N) is 1. The van der Waals surface area contributed by atoms with Crippen molar-refractivity contribution < 1.29 is 4.39 Å². The summed E-state index contributed by atoms with van der Waals surface area (Å²) in [6.07, 6.45) is 0. The number of anilines is 1. The van der Waals surface area contributed by atoms with Crippen LogP contribution in [0.4, 0.5) is 10.2 Å². The molecule has 0 atom stereocenters. The second kappa shape index (κ2) is 3.84. The van der Waals surface area contributed by atoms with Gasteiger partial charge in [0.1, 0.15) is 5.82 Å². The number of aromatic nitrogens is 2. The minimum Gasteiger partial charge on any atom is -0.382 e. The molecule has 4 heteroatoms. The van der Waals surface area contributed by atoms with E-state index in [0.717, 1.165) is 16.8 Å². The summed E-state index contributed by atoms with van der Waals surface area (Å²) in [5.41, 5.74) is 9.29. The van der Waals surface area contributed by atoms with Crippen LogP contribution in [0.1, 0.15) is 39.3 Å². The molecule has 0 spiro atoms. The molecule has 0 amide bonds. The van der Waals surface area contributed by atoms with Gasteiger partial charge in [-0.1, -0.05) is 39.8 Å². The number of halogens is 1. The maximum absolute atomic E-state index is 13.1. The van der Waals surface area contributed by atoms with Gasteiger partial charge in [0.25, 0.3) is 0 Å². The minimum atomic E-state index is -0.246. The molecule has 0 unspecified atom stereocenters. The van der Waals surface area contributed by atoms with E-state index in [-0.39, 0.29) is 16.6 Å². The zero-order valence-corrected chi connectivity index (χ0v) is 12.3. The molecule has 1 aromatic carbocycles. The minimum absolute atomic E-state index is 0.195. The topological polar surface area (TPSA) is 54.7 Å². The van der Waals surface area contributed by atoms with E-state index >= 15 is 0 Å². The van der Waals surface area contributed by atoms with Crippen molar-refractivity contribution in [3.05, 3.63) is 35.8 Å². The first-order valence-corrected chi connectivity index (χ1v) is 6.86. The van der Waals surface area contributed by atoms with Crippen LogP contribution in [0.5, 0.6) is 0 Å². The quantitative estimate of drug-likeness (QED) is 0.870. The fraction of sp³-hybridized carbons (Fsp3) is 0.438. The van der Waals surface area contributed by atoms with Crippen LogP contribution < -0.4 is 5.73 Å². The monoisotopic (exact) mass is 273 g/mol. The van der Waals surface area contributed by atoms with Gasteiger partial charge >= 0.3 is 0 Å². The largest absolute Gasteiger partial charge is 0.382 e. The van der Waals surface area contributed by atoms with Gasteiger partial charge < -0.3 is 5.73 Å². The highest BCUT2D eigenvalue weighted by atomic mass is 19.1. The van der Waals surface area contributed by atoms with Crippen LogP contribution in [0.25, 0.3) is 11.1 Å². The van der Waals surface area contributed by atoms with Crippen molar-refractivity contribution in [3.63, 3.8) is 0 Å². The Hall–Kier alpha value is -1.84. The second-order valence-corrected chi connectivity index (χ2v) is 6.78.